The van der Waals surface area contributed by atoms with Crippen molar-refractivity contribution in [1.29, 1.82) is 0 Å². The van der Waals surface area contributed by atoms with Crippen LogP contribution in [0, 0.1) is 10.1 Å². The van der Waals surface area contributed by atoms with Gasteiger partial charge in [-0.05, 0) is 19.9 Å². The van der Waals surface area contributed by atoms with E-state index in [9.17, 15) is 31.7 Å². The summed E-state index contributed by atoms with van der Waals surface area (Å²) in [6, 6.07) is 2.42. The first-order valence-electron chi connectivity index (χ1n) is 10.9. The molecule has 35 heavy (non-hydrogen) atoms. The number of alkyl halides is 1. The summed E-state index contributed by atoms with van der Waals surface area (Å²) in [6.07, 6.45) is 1.81. The van der Waals surface area contributed by atoms with Gasteiger partial charge >= 0.3 is 0 Å². The number of halogens is 1. The summed E-state index contributed by atoms with van der Waals surface area (Å²) in [5.74, 6) is -0.562. The minimum Gasteiger partial charge on any atom is -0.367 e. The molecule has 15 heteroatoms. The molecule has 1 heterocycles. The van der Waals surface area contributed by atoms with Crippen molar-refractivity contribution in [2.75, 3.05) is 68.6 Å². The molecular formula is C20H31BrN4O8S2. The van der Waals surface area contributed by atoms with Crippen molar-refractivity contribution in [3.8, 4) is 0 Å². The zero-order valence-electron chi connectivity index (χ0n) is 20.1. The lowest BCUT2D eigenvalue weighted by molar-refractivity contribution is -0.385. The third-order valence-electron chi connectivity index (χ3n) is 5.59. The highest BCUT2D eigenvalue weighted by Gasteiger charge is 2.32. The molecule has 2 rings (SSSR count). The second-order valence-corrected chi connectivity index (χ2v) is 12.9. The molecule has 1 saturated heterocycles. The summed E-state index contributed by atoms with van der Waals surface area (Å²) in [6.45, 7) is 6.01. The number of nitro benzene ring substituents is 1. The first-order valence-corrected chi connectivity index (χ1v) is 15.7. The summed E-state index contributed by atoms with van der Waals surface area (Å²) in [5, 5.41) is 12.2. The highest BCUT2D eigenvalue weighted by atomic mass is 79.9. The molecule has 0 radical (unpaired) electrons. The number of hydrogen-bond donors (Lipinski definition) is 0. The Morgan fingerprint density at radius 2 is 1.74 bits per heavy atom. The number of rotatable bonds is 11. The minimum absolute atomic E-state index is 0.0281. The lowest BCUT2D eigenvalue weighted by Gasteiger charge is -2.37. The maximum Gasteiger partial charge on any atom is 0.283 e. The van der Waals surface area contributed by atoms with Gasteiger partial charge in [-0.2, -0.15) is 8.42 Å². The van der Waals surface area contributed by atoms with Crippen LogP contribution in [0.2, 0.25) is 0 Å². The van der Waals surface area contributed by atoms with Crippen LogP contribution >= 0.6 is 15.9 Å². The molecule has 1 amide bonds. The molecule has 0 atom stereocenters. The Morgan fingerprint density at radius 1 is 1.14 bits per heavy atom. The Labute approximate surface area is 214 Å². The van der Waals surface area contributed by atoms with Crippen LogP contribution in [0.5, 0.6) is 0 Å². The van der Waals surface area contributed by atoms with Crippen LogP contribution in [0.3, 0.4) is 0 Å². The van der Waals surface area contributed by atoms with Crippen molar-refractivity contribution in [3.63, 3.8) is 0 Å². The van der Waals surface area contributed by atoms with Crippen molar-refractivity contribution in [1.82, 2.24) is 9.80 Å². The van der Waals surface area contributed by atoms with Gasteiger partial charge < -0.3 is 9.80 Å². The van der Waals surface area contributed by atoms with Gasteiger partial charge in [0, 0.05) is 63.0 Å². The summed E-state index contributed by atoms with van der Waals surface area (Å²) < 4.78 is 52.6. The van der Waals surface area contributed by atoms with Crippen molar-refractivity contribution in [2.24, 2.45) is 0 Å². The highest BCUT2D eigenvalue weighted by molar-refractivity contribution is 9.09. The number of sulfone groups is 1. The van der Waals surface area contributed by atoms with Gasteiger partial charge in [-0.3, -0.25) is 24.0 Å². The SMILES string of the molecule is CC(C)N1CCN(C(=O)c2cc(N(CCBr)CCOS(C)(=O)=O)c(S(C)(=O)=O)cc2[N+](=O)[O-])CC1. The predicted molar refractivity (Wildman–Crippen MR) is 136 cm³/mol. The normalized spacial score (nSPS) is 15.4. The first kappa shape index (κ1) is 29.4. The highest BCUT2D eigenvalue weighted by Crippen LogP contribution is 2.34. The topological polar surface area (TPSA) is 147 Å². The fourth-order valence-corrected chi connectivity index (χ4v) is 5.49. The van der Waals surface area contributed by atoms with Gasteiger partial charge in [-0.15, -0.1) is 0 Å². The number of amides is 1. The van der Waals surface area contributed by atoms with E-state index < -0.39 is 36.5 Å². The van der Waals surface area contributed by atoms with E-state index in [1.807, 2.05) is 13.8 Å². The van der Waals surface area contributed by atoms with E-state index in [0.29, 0.717) is 37.6 Å². The van der Waals surface area contributed by atoms with Crippen LogP contribution in [0.25, 0.3) is 0 Å². The number of hydrogen-bond acceptors (Lipinski definition) is 10. The van der Waals surface area contributed by atoms with Crippen molar-refractivity contribution in [3.05, 3.63) is 27.8 Å². The Balaban J connectivity index is 2.55. The van der Waals surface area contributed by atoms with Crippen molar-refractivity contribution >= 4 is 53.2 Å². The molecule has 12 nitrogen and oxygen atoms in total. The number of benzene rings is 1. The molecule has 0 saturated carbocycles. The van der Waals surface area contributed by atoms with Gasteiger partial charge in [0.1, 0.15) is 5.56 Å². The Kier molecular flexibility index (Phi) is 10.0. The smallest absolute Gasteiger partial charge is 0.283 e. The first-order chi connectivity index (χ1) is 16.2. The van der Waals surface area contributed by atoms with Gasteiger partial charge in [0.05, 0.1) is 28.4 Å². The van der Waals surface area contributed by atoms with Gasteiger partial charge in [0.15, 0.2) is 9.84 Å². The van der Waals surface area contributed by atoms with Crippen LogP contribution in [0.4, 0.5) is 11.4 Å². The molecule has 1 aliphatic rings. The van der Waals surface area contributed by atoms with Gasteiger partial charge in [-0.1, -0.05) is 15.9 Å². The molecule has 0 aliphatic carbocycles. The average molecular weight is 600 g/mol. The maximum absolute atomic E-state index is 13.4. The largest absolute Gasteiger partial charge is 0.367 e. The minimum atomic E-state index is -3.94. The third-order valence-corrected chi connectivity index (χ3v) is 7.66. The van der Waals surface area contributed by atoms with Crippen LogP contribution in [-0.2, 0) is 24.1 Å². The molecule has 1 aromatic carbocycles. The summed E-state index contributed by atoms with van der Waals surface area (Å²) in [7, 11) is -7.67. The van der Waals surface area contributed by atoms with E-state index in [-0.39, 0.29) is 35.8 Å². The number of anilines is 1. The zero-order chi connectivity index (χ0) is 26.6. The number of piperazine rings is 1. The van der Waals surface area contributed by atoms with E-state index >= 15 is 0 Å². The molecule has 0 bridgehead atoms. The third kappa shape index (κ3) is 8.10. The molecule has 198 valence electrons. The van der Waals surface area contributed by atoms with Crippen LogP contribution in [-0.4, -0.2) is 107 Å². The fraction of sp³-hybridized carbons (Fsp3) is 0.650. The molecule has 1 fully saturated rings. The van der Waals surface area contributed by atoms with Gasteiger partial charge in [0.2, 0.25) is 0 Å². The molecule has 0 unspecified atom stereocenters. The standard InChI is InChI=1S/C20H31BrN4O8S2/c1-15(2)22-7-9-24(10-8-22)20(26)16-13-18(19(34(3,29)30)14-17(16)25(27)28)23(6-5-21)11-12-33-35(4,31)32/h13-15H,5-12H2,1-4H3. The number of carbonyl (C=O) groups excluding carboxylic acids is 1. The van der Waals surface area contributed by atoms with E-state index in [4.69, 9.17) is 4.18 Å². The second kappa shape index (κ2) is 12.0. The maximum atomic E-state index is 13.4. The van der Waals surface area contributed by atoms with E-state index in [1.165, 1.54) is 15.9 Å². The number of nitro groups is 1. The van der Waals surface area contributed by atoms with Crippen molar-refractivity contribution in [2.45, 2.75) is 24.8 Å². The van der Waals surface area contributed by atoms with Gasteiger partial charge in [0.25, 0.3) is 21.7 Å². The Hall–Kier alpha value is -1.81. The van der Waals surface area contributed by atoms with Crippen LogP contribution in [0.15, 0.2) is 17.0 Å². The predicted octanol–water partition coefficient (Wildman–Crippen LogP) is 1.34. The van der Waals surface area contributed by atoms with Crippen molar-refractivity contribution < 1.29 is 30.7 Å². The van der Waals surface area contributed by atoms with E-state index in [1.54, 1.807) is 0 Å². The molecule has 1 aliphatic heterocycles. The monoisotopic (exact) mass is 598 g/mol. The number of nitrogens with zero attached hydrogens (tertiary/aromatic N) is 4. The lowest BCUT2D eigenvalue weighted by Crippen LogP contribution is -2.50. The second-order valence-electron chi connectivity index (χ2n) is 8.49. The summed E-state index contributed by atoms with van der Waals surface area (Å²) >= 11 is 3.28. The molecular weight excluding hydrogens is 568 g/mol. The van der Waals surface area contributed by atoms with Crippen LogP contribution in [0.1, 0.15) is 24.2 Å². The van der Waals surface area contributed by atoms with E-state index in [0.717, 1.165) is 18.6 Å². The summed E-state index contributed by atoms with van der Waals surface area (Å²) in [5.41, 5.74) is -0.755. The fourth-order valence-electron chi connectivity index (χ4n) is 3.79. The molecule has 0 N–H and O–H groups in total. The van der Waals surface area contributed by atoms with Gasteiger partial charge in [-0.25, -0.2) is 8.42 Å². The quantitative estimate of drug-likeness (QED) is 0.158. The average Bonchev–Trinajstić information content (AvgIpc) is 2.75. The summed E-state index contributed by atoms with van der Waals surface area (Å²) in [4.78, 5) is 29.3. The number of carbonyl (C=O) groups is 1. The zero-order valence-corrected chi connectivity index (χ0v) is 23.4. The Bertz CT molecular complexity index is 1150. The van der Waals surface area contributed by atoms with Crippen LogP contribution < -0.4 is 4.90 Å². The lowest BCUT2D eigenvalue weighted by atomic mass is 10.1. The Morgan fingerprint density at radius 3 is 2.20 bits per heavy atom. The molecule has 1 aromatic rings. The van der Waals surface area contributed by atoms with E-state index in [2.05, 4.69) is 20.8 Å². The molecule has 0 spiro atoms. The molecule has 0 aromatic heterocycles.